The standard InChI is InChI=1S/C19H22N4O2/c1-4-17(25-16-8-6-5-7-9-16)19(24)22-15-10-14-11-21-23(13(2)3)18(14)20-12-15/h5-13,17H,4H2,1-3H3,(H,22,24)/t17-/m1/s1. The van der Waals surface area contributed by atoms with Crippen molar-refractivity contribution >= 4 is 22.6 Å². The Labute approximate surface area is 146 Å². The Morgan fingerprint density at radius 3 is 2.68 bits per heavy atom. The number of para-hydroxylation sites is 1. The zero-order chi connectivity index (χ0) is 17.8. The fourth-order valence-corrected chi connectivity index (χ4v) is 2.59. The van der Waals surface area contributed by atoms with Gasteiger partial charge in [0.25, 0.3) is 5.91 Å². The van der Waals surface area contributed by atoms with Crippen LogP contribution in [0.25, 0.3) is 11.0 Å². The summed E-state index contributed by atoms with van der Waals surface area (Å²) in [6.07, 6.45) is 3.42. The summed E-state index contributed by atoms with van der Waals surface area (Å²) in [5, 5.41) is 8.11. The van der Waals surface area contributed by atoms with Gasteiger partial charge in [-0.1, -0.05) is 25.1 Å². The molecule has 25 heavy (non-hydrogen) atoms. The lowest BCUT2D eigenvalue weighted by molar-refractivity contribution is -0.122. The van der Waals surface area contributed by atoms with Gasteiger partial charge in [0.1, 0.15) is 5.75 Å². The average Bonchev–Trinajstić information content (AvgIpc) is 3.04. The summed E-state index contributed by atoms with van der Waals surface area (Å²) in [6.45, 7) is 6.02. The summed E-state index contributed by atoms with van der Waals surface area (Å²) in [7, 11) is 0. The molecule has 2 heterocycles. The summed E-state index contributed by atoms with van der Waals surface area (Å²) in [4.78, 5) is 16.9. The van der Waals surface area contributed by atoms with Gasteiger partial charge < -0.3 is 10.1 Å². The number of benzene rings is 1. The molecule has 0 radical (unpaired) electrons. The SMILES string of the molecule is CC[C@@H](Oc1ccccc1)C(=O)Nc1cnc2c(cnn2C(C)C)c1. The number of carbonyl (C=O) groups excluding carboxylic acids is 1. The second kappa shape index (κ2) is 7.34. The van der Waals surface area contributed by atoms with Crippen LogP contribution in [-0.4, -0.2) is 26.8 Å². The molecule has 130 valence electrons. The number of rotatable bonds is 6. The molecule has 1 atom stereocenters. The normalized spacial score (nSPS) is 12.3. The van der Waals surface area contributed by atoms with E-state index in [0.717, 1.165) is 11.0 Å². The highest BCUT2D eigenvalue weighted by atomic mass is 16.5. The Hall–Kier alpha value is -2.89. The molecule has 1 N–H and O–H groups in total. The van der Waals surface area contributed by atoms with E-state index in [1.165, 1.54) is 0 Å². The number of amides is 1. The second-order valence-corrected chi connectivity index (χ2v) is 6.14. The number of hydrogen-bond acceptors (Lipinski definition) is 4. The van der Waals surface area contributed by atoms with Crippen LogP contribution >= 0.6 is 0 Å². The maximum atomic E-state index is 12.5. The molecular formula is C19H22N4O2. The number of carbonyl (C=O) groups is 1. The summed E-state index contributed by atoms with van der Waals surface area (Å²) < 4.78 is 7.63. The van der Waals surface area contributed by atoms with Gasteiger partial charge in [-0.05, 0) is 38.5 Å². The third kappa shape index (κ3) is 3.79. The van der Waals surface area contributed by atoms with Gasteiger partial charge in [-0.2, -0.15) is 5.10 Å². The van der Waals surface area contributed by atoms with Gasteiger partial charge in [0.2, 0.25) is 0 Å². The van der Waals surface area contributed by atoms with Crippen molar-refractivity contribution in [2.75, 3.05) is 5.32 Å². The van der Waals surface area contributed by atoms with Crippen LogP contribution in [-0.2, 0) is 4.79 Å². The molecule has 0 spiro atoms. The zero-order valence-electron chi connectivity index (χ0n) is 14.6. The van der Waals surface area contributed by atoms with E-state index in [2.05, 4.69) is 29.2 Å². The molecule has 0 aliphatic heterocycles. The molecule has 0 unspecified atom stereocenters. The minimum atomic E-state index is -0.559. The quantitative estimate of drug-likeness (QED) is 0.742. The molecule has 0 aliphatic carbocycles. The van der Waals surface area contributed by atoms with Gasteiger partial charge >= 0.3 is 0 Å². The molecule has 3 rings (SSSR count). The van der Waals surface area contributed by atoms with Crippen LogP contribution in [0.3, 0.4) is 0 Å². The van der Waals surface area contributed by atoms with Gasteiger partial charge in [0, 0.05) is 11.4 Å². The molecule has 6 nitrogen and oxygen atoms in total. The summed E-state index contributed by atoms with van der Waals surface area (Å²) in [6, 6.07) is 11.4. The molecule has 1 aromatic carbocycles. The molecule has 6 heteroatoms. The van der Waals surface area contributed by atoms with Gasteiger partial charge in [-0.3, -0.25) is 4.79 Å². The van der Waals surface area contributed by atoms with E-state index in [1.54, 1.807) is 12.4 Å². The third-order valence-electron chi connectivity index (χ3n) is 3.87. The van der Waals surface area contributed by atoms with Crippen LogP contribution in [0.5, 0.6) is 5.75 Å². The van der Waals surface area contributed by atoms with Gasteiger partial charge in [-0.25, -0.2) is 9.67 Å². The Morgan fingerprint density at radius 1 is 1.24 bits per heavy atom. The van der Waals surface area contributed by atoms with Crippen molar-refractivity contribution in [2.24, 2.45) is 0 Å². The van der Waals surface area contributed by atoms with Crippen molar-refractivity contribution in [1.29, 1.82) is 0 Å². The molecule has 3 aromatic rings. The predicted molar refractivity (Wildman–Crippen MR) is 97.7 cm³/mol. The first kappa shape index (κ1) is 17.0. The Bertz CT molecular complexity index is 858. The van der Waals surface area contributed by atoms with Crippen molar-refractivity contribution in [3.8, 4) is 5.75 Å². The lowest BCUT2D eigenvalue weighted by atomic mass is 10.2. The molecule has 1 amide bonds. The summed E-state index contributed by atoms with van der Waals surface area (Å²) >= 11 is 0. The van der Waals surface area contributed by atoms with Crippen molar-refractivity contribution in [3.05, 3.63) is 48.8 Å². The molecule has 0 aliphatic rings. The van der Waals surface area contributed by atoms with Crippen LogP contribution in [0.2, 0.25) is 0 Å². The van der Waals surface area contributed by atoms with Gasteiger partial charge in [0.05, 0.1) is 18.1 Å². The van der Waals surface area contributed by atoms with Crippen molar-refractivity contribution in [2.45, 2.75) is 39.3 Å². The molecule has 2 aromatic heterocycles. The predicted octanol–water partition coefficient (Wildman–Crippen LogP) is 3.81. The zero-order valence-corrected chi connectivity index (χ0v) is 14.6. The summed E-state index contributed by atoms with van der Waals surface area (Å²) in [5.74, 6) is 0.486. The molecule has 0 fully saturated rings. The number of hydrogen-bond donors (Lipinski definition) is 1. The number of aromatic nitrogens is 3. The monoisotopic (exact) mass is 338 g/mol. The Balaban J connectivity index is 1.74. The lowest BCUT2D eigenvalue weighted by Crippen LogP contribution is -2.32. The van der Waals surface area contributed by atoms with Crippen molar-refractivity contribution < 1.29 is 9.53 Å². The third-order valence-corrected chi connectivity index (χ3v) is 3.87. The fourth-order valence-electron chi connectivity index (χ4n) is 2.59. The highest BCUT2D eigenvalue weighted by Gasteiger charge is 2.19. The van der Waals surface area contributed by atoms with Crippen LogP contribution in [0, 0.1) is 0 Å². The first-order valence-electron chi connectivity index (χ1n) is 8.44. The number of anilines is 1. The topological polar surface area (TPSA) is 69.0 Å². The lowest BCUT2D eigenvalue weighted by Gasteiger charge is -2.17. The molecule has 0 bridgehead atoms. The summed E-state index contributed by atoms with van der Waals surface area (Å²) in [5.41, 5.74) is 1.44. The van der Waals surface area contributed by atoms with Crippen molar-refractivity contribution in [3.63, 3.8) is 0 Å². The van der Waals surface area contributed by atoms with E-state index in [9.17, 15) is 4.79 Å². The van der Waals surface area contributed by atoms with Gasteiger partial charge in [0.15, 0.2) is 11.8 Å². The van der Waals surface area contributed by atoms with Crippen LogP contribution in [0.4, 0.5) is 5.69 Å². The number of pyridine rings is 1. The van der Waals surface area contributed by atoms with E-state index < -0.39 is 6.10 Å². The fraction of sp³-hybridized carbons (Fsp3) is 0.316. The van der Waals surface area contributed by atoms with Crippen LogP contribution in [0.15, 0.2) is 48.8 Å². The highest BCUT2D eigenvalue weighted by molar-refractivity contribution is 5.95. The average molecular weight is 338 g/mol. The van der Waals surface area contributed by atoms with Gasteiger partial charge in [-0.15, -0.1) is 0 Å². The molecule has 0 saturated heterocycles. The van der Waals surface area contributed by atoms with Crippen LogP contribution < -0.4 is 10.1 Å². The number of nitrogens with zero attached hydrogens (tertiary/aromatic N) is 3. The number of nitrogens with one attached hydrogen (secondary N) is 1. The Kier molecular flexibility index (Phi) is 4.97. The molecular weight excluding hydrogens is 316 g/mol. The number of ether oxygens (including phenoxy) is 1. The van der Waals surface area contributed by atoms with Crippen molar-refractivity contribution in [1.82, 2.24) is 14.8 Å². The largest absolute Gasteiger partial charge is 0.481 e. The number of fused-ring (bicyclic) bond motifs is 1. The maximum Gasteiger partial charge on any atom is 0.265 e. The minimum absolute atomic E-state index is 0.191. The first-order valence-corrected chi connectivity index (χ1v) is 8.44. The maximum absolute atomic E-state index is 12.5. The van der Waals surface area contributed by atoms with E-state index in [1.807, 2.05) is 48.0 Å². The first-order chi connectivity index (χ1) is 12.1. The van der Waals surface area contributed by atoms with E-state index in [4.69, 9.17) is 4.74 Å². The smallest absolute Gasteiger partial charge is 0.265 e. The van der Waals surface area contributed by atoms with Crippen LogP contribution in [0.1, 0.15) is 33.2 Å². The van der Waals surface area contributed by atoms with E-state index in [-0.39, 0.29) is 11.9 Å². The van der Waals surface area contributed by atoms with E-state index in [0.29, 0.717) is 17.9 Å². The highest BCUT2D eigenvalue weighted by Crippen LogP contribution is 2.20. The minimum Gasteiger partial charge on any atom is -0.481 e. The second-order valence-electron chi connectivity index (χ2n) is 6.14. The Morgan fingerprint density at radius 2 is 2.00 bits per heavy atom. The van der Waals surface area contributed by atoms with E-state index >= 15 is 0 Å². The molecule has 0 saturated carbocycles.